The van der Waals surface area contributed by atoms with Crippen LogP contribution in [-0.2, 0) is 0 Å². The van der Waals surface area contributed by atoms with Crippen LogP contribution in [0.1, 0.15) is 5.56 Å². The van der Waals surface area contributed by atoms with Crippen LogP contribution in [-0.4, -0.2) is 8.07 Å². The summed E-state index contributed by atoms with van der Waals surface area (Å²) in [5, 5.41) is 10.2. The summed E-state index contributed by atoms with van der Waals surface area (Å²) in [6, 6.07) is 28.9. The lowest BCUT2D eigenvalue weighted by atomic mass is 9.96. The number of hydrogen-bond acceptors (Lipinski definition) is 0. The van der Waals surface area contributed by atoms with Crippen molar-refractivity contribution in [3.63, 3.8) is 0 Å². The molecule has 5 aromatic carbocycles. The quantitative estimate of drug-likeness (QED) is 0.149. The van der Waals surface area contributed by atoms with Crippen molar-refractivity contribution in [3.8, 4) is 11.5 Å². The van der Waals surface area contributed by atoms with Gasteiger partial charge in [0, 0.05) is 5.56 Å². The van der Waals surface area contributed by atoms with Gasteiger partial charge in [0.15, 0.2) is 0 Å². The summed E-state index contributed by atoms with van der Waals surface area (Å²) in [6.45, 7) is 6.87. The van der Waals surface area contributed by atoms with E-state index in [9.17, 15) is 0 Å². The topological polar surface area (TPSA) is 0 Å². The van der Waals surface area contributed by atoms with E-state index in [0.717, 1.165) is 5.56 Å². The fourth-order valence-electron chi connectivity index (χ4n) is 3.83. The Kier molecular flexibility index (Phi) is 3.79. The summed E-state index contributed by atoms with van der Waals surface area (Å²) in [5.41, 5.74) is 4.66. The van der Waals surface area contributed by atoms with E-state index in [2.05, 4.69) is 110 Å². The van der Waals surface area contributed by atoms with E-state index in [1.807, 2.05) is 0 Å². The number of fused-ring (bicyclic) bond motifs is 4. The minimum absolute atomic E-state index is 1.14. The highest BCUT2D eigenvalue weighted by molar-refractivity contribution is 6.83. The fourth-order valence-corrected chi connectivity index (χ4v) is 4.34. The van der Waals surface area contributed by atoms with Gasteiger partial charge in [-0.25, -0.2) is 0 Å². The van der Waals surface area contributed by atoms with E-state index in [1.165, 1.54) is 43.1 Å². The van der Waals surface area contributed by atoms with Crippen molar-refractivity contribution in [2.24, 2.45) is 0 Å². The molecule has 0 aliphatic rings. The van der Waals surface area contributed by atoms with Gasteiger partial charge in [0.1, 0.15) is 8.07 Å². The Morgan fingerprint density at radius 2 is 1.04 bits per heavy atom. The van der Waals surface area contributed by atoms with Crippen LogP contribution in [0.2, 0.25) is 19.6 Å². The monoisotopic (exact) mass is 374 g/mol. The predicted molar refractivity (Wildman–Crippen MR) is 127 cm³/mol. The highest BCUT2D eigenvalue weighted by atomic mass is 28.3. The number of hydrogen-bond donors (Lipinski definition) is 0. The molecule has 0 atom stereocenters. The highest BCUT2D eigenvalue weighted by Crippen LogP contribution is 2.31. The molecule has 0 saturated heterocycles. The molecule has 0 bridgehead atoms. The summed E-state index contributed by atoms with van der Waals surface area (Å²) in [4.78, 5) is 0. The molecule has 0 aliphatic carbocycles. The molecule has 0 saturated carbocycles. The lowest BCUT2D eigenvalue weighted by Gasteiger charge is -2.09. The van der Waals surface area contributed by atoms with Crippen LogP contribution in [0, 0.1) is 11.5 Å². The summed E-state index contributed by atoms with van der Waals surface area (Å²) < 4.78 is 0. The Morgan fingerprint density at radius 1 is 0.536 bits per heavy atom. The van der Waals surface area contributed by atoms with E-state index in [0.29, 0.717) is 0 Å². The zero-order valence-electron chi connectivity index (χ0n) is 16.5. The van der Waals surface area contributed by atoms with E-state index < -0.39 is 8.07 Å². The van der Waals surface area contributed by atoms with Gasteiger partial charge in [-0.1, -0.05) is 62.0 Å². The van der Waals surface area contributed by atoms with Crippen LogP contribution in [0.5, 0.6) is 0 Å². The molecule has 28 heavy (non-hydrogen) atoms. The first-order valence-electron chi connectivity index (χ1n) is 9.79. The average molecular weight is 375 g/mol. The molecule has 0 heterocycles. The first-order valence-corrected chi connectivity index (χ1v) is 13.3. The first kappa shape index (κ1) is 17.0. The lowest BCUT2D eigenvalue weighted by Crippen LogP contribution is -2.16. The van der Waals surface area contributed by atoms with Gasteiger partial charge in [-0.15, -0.1) is 5.54 Å². The fraction of sp³-hybridized carbons (Fsp3) is 0.111. The van der Waals surface area contributed by atoms with E-state index in [1.54, 1.807) is 0 Å². The molecule has 0 spiro atoms. The van der Waals surface area contributed by atoms with E-state index in [4.69, 9.17) is 0 Å². The van der Waals surface area contributed by atoms with Crippen molar-refractivity contribution < 1.29 is 0 Å². The van der Waals surface area contributed by atoms with Gasteiger partial charge in [0.05, 0.1) is 0 Å². The Morgan fingerprint density at radius 3 is 1.64 bits per heavy atom. The number of rotatable bonds is 0. The van der Waals surface area contributed by atoms with E-state index in [-0.39, 0.29) is 0 Å². The van der Waals surface area contributed by atoms with Crippen molar-refractivity contribution in [1.82, 2.24) is 0 Å². The summed E-state index contributed by atoms with van der Waals surface area (Å²) in [5.74, 6) is 3.47. The Labute approximate surface area is 166 Å². The molecule has 0 amide bonds. The smallest absolute Gasteiger partial charge is 0.127 e. The molecular formula is C27H22Si. The maximum Gasteiger partial charge on any atom is 0.129 e. The van der Waals surface area contributed by atoms with Gasteiger partial charge in [0.25, 0.3) is 0 Å². The zero-order chi connectivity index (χ0) is 19.3. The largest absolute Gasteiger partial charge is 0.129 e. The van der Waals surface area contributed by atoms with Crippen LogP contribution >= 0.6 is 0 Å². The molecule has 0 radical (unpaired) electrons. The Hall–Kier alpha value is -3.08. The molecule has 0 N–H and O–H groups in total. The van der Waals surface area contributed by atoms with Gasteiger partial charge in [-0.2, -0.15) is 0 Å². The van der Waals surface area contributed by atoms with E-state index >= 15 is 0 Å². The van der Waals surface area contributed by atoms with Crippen LogP contribution in [0.25, 0.3) is 43.1 Å². The van der Waals surface area contributed by atoms with Gasteiger partial charge >= 0.3 is 0 Å². The van der Waals surface area contributed by atoms with Gasteiger partial charge in [-0.05, 0) is 85.6 Å². The molecule has 0 aromatic heterocycles. The molecule has 1 heteroatoms. The summed E-state index contributed by atoms with van der Waals surface area (Å²) in [6.07, 6.45) is 0. The number of benzene rings is 5. The Balaban J connectivity index is 1.79. The summed E-state index contributed by atoms with van der Waals surface area (Å²) in [7, 11) is -1.40. The van der Waals surface area contributed by atoms with Crippen molar-refractivity contribution in [2.75, 3.05) is 0 Å². The van der Waals surface area contributed by atoms with Gasteiger partial charge in [0.2, 0.25) is 0 Å². The van der Waals surface area contributed by atoms with Crippen molar-refractivity contribution in [3.05, 3.63) is 84.4 Å². The third-order valence-electron chi connectivity index (χ3n) is 5.23. The van der Waals surface area contributed by atoms with Gasteiger partial charge < -0.3 is 0 Å². The maximum atomic E-state index is 3.52. The SMILES string of the molecule is C[Si](C)(C)C#Cc1cccc2cc3cc4cc5ccccc5cc4cc3cc12. The minimum atomic E-state index is -1.40. The second-order valence-corrected chi connectivity index (χ2v) is 13.4. The molecule has 0 unspecified atom stereocenters. The molecular weight excluding hydrogens is 352 g/mol. The molecule has 0 fully saturated rings. The van der Waals surface area contributed by atoms with Gasteiger partial charge in [-0.3, -0.25) is 0 Å². The van der Waals surface area contributed by atoms with Crippen molar-refractivity contribution >= 4 is 51.2 Å². The molecule has 5 aromatic rings. The summed E-state index contributed by atoms with van der Waals surface area (Å²) >= 11 is 0. The second kappa shape index (κ2) is 6.23. The lowest BCUT2D eigenvalue weighted by molar-refractivity contribution is 1.73. The molecule has 0 aliphatic heterocycles. The van der Waals surface area contributed by atoms with Crippen molar-refractivity contribution in [2.45, 2.75) is 19.6 Å². The maximum absolute atomic E-state index is 3.52. The average Bonchev–Trinajstić information content (AvgIpc) is 2.67. The van der Waals surface area contributed by atoms with Crippen LogP contribution in [0.3, 0.4) is 0 Å². The third kappa shape index (κ3) is 3.07. The van der Waals surface area contributed by atoms with Crippen LogP contribution in [0.4, 0.5) is 0 Å². The minimum Gasteiger partial charge on any atom is -0.127 e. The zero-order valence-corrected chi connectivity index (χ0v) is 17.5. The molecule has 0 nitrogen and oxygen atoms in total. The predicted octanol–water partition coefficient (Wildman–Crippen LogP) is 7.53. The standard InChI is InChI=1S/C27H22Si/c1-28(2,3)12-11-19-9-6-10-22-15-25-16-23-13-20-7-4-5-8-21(20)14-24(23)17-26(25)18-27(19)22/h4-10,13-18H,1-3H3. The second-order valence-electron chi connectivity index (χ2n) is 8.62. The van der Waals surface area contributed by atoms with Crippen LogP contribution in [0.15, 0.2) is 78.9 Å². The molecule has 5 rings (SSSR count). The third-order valence-corrected chi connectivity index (χ3v) is 6.10. The first-order chi connectivity index (χ1) is 13.5. The molecule has 134 valence electrons. The normalized spacial score (nSPS) is 11.8. The van der Waals surface area contributed by atoms with Crippen molar-refractivity contribution in [1.29, 1.82) is 0 Å². The van der Waals surface area contributed by atoms with Crippen LogP contribution < -0.4 is 0 Å². The highest BCUT2D eigenvalue weighted by Gasteiger charge is 2.09. The Bertz CT molecular complexity index is 1440.